The molecule has 0 radical (unpaired) electrons. The summed E-state index contributed by atoms with van der Waals surface area (Å²) in [4.78, 5) is 14.0. The summed E-state index contributed by atoms with van der Waals surface area (Å²) in [6, 6.07) is -0.779. The van der Waals surface area contributed by atoms with E-state index in [1.165, 1.54) is 0 Å². The first-order valence-electron chi connectivity index (χ1n) is 4.08. The molecule has 1 atom stereocenters. The van der Waals surface area contributed by atoms with E-state index in [1.54, 1.807) is 0 Å². The topological polar surface area (TPSA) is 128 Å². The van der Waals surface area contributed by atoms with Gasteiger partial charge in [-0.05, 0) is 19.3 Å². The summed E-state index contributed by atoms with van der Waals surface area (Å²) < 4.78 is 0. The number of rotatable bonds is 6. The van der Waals surface area contributed by atoms with E-state index >= 15 is 0 Å². The Hall–Kier alpha value is -1.30. The molecule has 7 N–H and O–H groups in total. The normalized spacial score (nSPS) is 12.1. The maximum atomic E-state index is 10.3. The number of nitrogens with two attached hydrogens (primary N) is 3. The number of aliphatic carboxylic acids is 1. The van der Waals surface area contributed by atoms with Crippen LogP contribution in [0.3, 0.4) is 0 Å². The molecule has 0 rings (SSSR count). The third-order valence-corrected chi connectivity index (χ3v) is 1.53. The van der Waals surface area contributed by atoms with Gasteiger partial charge in [0.2, 0.25) is 0 Å². The highest BCUT2D eigenvalue weighted by atomic mass is 16.4. The molecule has 0 aliphatic heterocycles. The van der Waals surface area contributed by atoms with E-state index in [9.17, 15) is 4.79 Å². The number of unbranched alkanes of at least 4 members (excludes halogenated alkanes) is 1. The number of nitrogens with zero attached hydrogens (tertiary/aromatic N) is 1. The Balaban J connectivity index is 3.36. The Morgan fingerprint density at radius 3 is 2.46 bits per heavy atom. The van der Waals surface area contributed by atoms with Crippen LogP contribution in [-0.4, -0.2) is 29.6 Å². The number of aliphatic imine (C=N–C) groups is 1. The van der Waals surface area contributed by atoms with Gasteiger partial charge in [0.1, 0.15) is 6.04 Å². The SMILES string of the molecule is NC(N)=NCCCC[C@@H](N)C(=O)O. The molecule has 6 heteroatoms. The van der Waals surface area contributed by atoms with Gasteiger partial charge in [-0.3, -0.25) is 9.79 Å². The number of carboxylic acids is 1. The van der Waals surface area contributed by atoms with Crippen molar-refractivity contribution in [3.05, 3.63) is 0 Å². The zero-order chi connectivity index (χ0) is 10.3. The Labute approximate surface area is 76.8 Å². The van der Waals surface area contributed by atoms with Crippen LogP contribution < -0.4 is 17.2 Å². The number of carboxylic acid groups (broad SMARTS) is 1. The lowest BCUT2D eigenvalue weighted by Crippen LogP contribution is -2.29. The van der Waals surface area contributed by atoms with E-state index in [0.29, 0.717) is 19.4 Å². The summed E-state index contributed by atoms with van der Waals surface area (Å²) in [5, 5.41) is 8.43. The molecule has 0 aliphatic carbocycles. The fourth-order valence-corrected chi connectivity index (χ4v) is 0.808. The van der Waals surface area contributed by atoms with Gasteiger partial charge in [0, 0.05) is 6.54 Å². The van der Waals surface area contributed by atoms with Crippen LogP contribution in [0.5, 0.6) is 0 Å². The lowest BCUT2D eigenvalue weighted by molar-refractivity contribution is -0.138. The molecule has 13 heavy (non-hydrogen) atoms. The predicted octanol–water partition coefficient (Wildman–Crippen LogP) is -1.16. The summed E-state index contributed by atoms with van der Waals surface area (Å²) in [5.74, 6) is -0.913. The summed E-state index contributed by atoms with van der Waals surface area (Å²) in [6.45, 7) is 0.522. The molecular formula is C7H16N4O2. The van der Waals surface area contributed by atoms with E-state index in [4.69, 9.17) is 22.3 Å². The average molecular weight is 188 g/mol. The first-order valence-corrected chi connectivity index (χ1v) is 4.08. The van der Waals surface area contributed by atoms with Crippen molar-refractivity contribution in [2.45, 2.75) is 25.3 Å². The lowest BCUT2D eigenvalue weighted by Gasteiger charge is -2.04. The van der Waals surface area contributed by atoms with E-state index in [2.05, 4.69) is 4.99 Å². The van der Waals surface area contributed by atoms with Gasteiger partial charge in [-0.15, -0.1) is 0 Å². The molecule has 0 fully saturated rings. The Kier molecular flexibility index (Phi) is 5.62. The smallest absolute Gasteiger partial charge is 0.320 e. The third-order valence-electron chi connectivity index (χ3n) is 1.53. The van der Waals surface area contributed by atoms with E-state index < -0.39 is 12.0 Å². The van der Waals surface area contributed by atoms with Crippen LogP contribution in [0.2, 0.25) is 0 Å². The van der Waals surface area contributed by atoms with Crippen molar-refractivity contribution in [3.8, 4) is 0 Å². The minimum Gasteiger partial charge on any atom is -0.480 e. The van der Waals surface area contributed by atoms with Crippen molar-refractivity contribution in [1.82, 2.24) is 0 Å². The molecule has 0 saturated carbocycles. The van der Waals surface area contributed by atoms with Crippen LogP contribution in [0.15, 0.2) is 4.99 Å². The van der Waals surface area contributed by atoms with Gasteiger partial charge in [-0.1, -0.05) is 0 Å². The minimum absolute atomic E-state index is 0.0579. The number of guanidine groups is 1. The molecule has 0 unspecified atom stereocenters. The van der Waals surface area contributed by atoms with Crippen LogP contribution in [0.1, 0.15) is 19.3 Å². The Morgan fingerprint density at radius 2 is 2.00 bits per heavy atom. The van der Waals surface area contributed by atoms with Gasteiger partial charge in [-0.25, -0.2) is 0 Å². The molecule has 0 amide bonds. The highest BCUT2D eigenvalue weighted by Crippen LogP contribution is 1.99. The molecule has 0 saturated heterocycles. The third kappa shape index (κ3) is 7.07. The van der Waals surface area contributed by atoms with Gasteiger partial charge < -0.3 is 22.3 Å². The fourth-order valence-electron chi connectivity index (χ4n) is 0.808. The van der Waals surface area contributed by atoms with Crippen molar-refractivity contribution in [2.24, 2.45) is 22.2 Å². The van der Waals surface area contributed by atoms with E-state index in [0.717, 1.165) is 6.42 Å². The Morgan fingerprint density at radius 1 is 1.38 bits per heavy atom. The van der Waals surface area contributed by atoms with Crippen molar-refractivity contribution in [1.29, 1.82) is 0 Å². The first kappa shape index (κ1) is 11.7. The standard InChI is InChI=1S/C7H16N4O2/c8-5(6(12)13)3-1-2-4-11-7(9)10/h5H,1-4,8H2,(H,12,13)(H4,9,10,11)/t5-/m1/s1. The van der Waals surface area contributed by atoms with Crippen LogP contribution in [0.4, 0.5) is 0 Å². The molecular weight excluding hydrogens is 172 g/mol. The maximum Gasteiger partial charge on any atom is 0.320 e. The number of hydrogen-bond acceptors (Lipinski definition) is 3. The highest BCUT2D eigenvalue weighted by Gasteiger charge is 2.09. The fraction of sp³-hybridized carbons (Fsp3) is 0.714. The first-order chi connectivity index (χ1) is 6.04. The zero-order valence-electron chi connectivity index (χ0n) is 7.44. The lowest BCUT2D eigenvalue weighted by atomic mass is 10.1. The molecule has 0 aromatic rings. The van der Waals surface area contributed by atoms with Gasteiger partial charge >= 0.3 is 5.97 Å². The zero-order valence-corrected chi connectivity index (χ0v) is 7.44. The van der Waals surface area contributed by atoms with Gasteiger partial charge in [-0.2, -0.15) is 0 Å². The second kappa shape index (κ2) is 6.24. The molecule has 6 nitrogen and oxygen atoms in total. The maximum absolute atomic E-state index is 10.3. The monoisotopic (exact) mass is 188 g/mol. The van der Waals surface area contributed by atoms with Crippen LogP contribution >= 0.6 is 0 Å². The second-order valence-corrected chi connectivity index (χ2v) is 2.75. The van der Waals surface area contributed by atoms with Crippen LogP contribution in [0.25, 0.3) is 0 Å². The predicted molar refractivity (Wildman–Crippen MR) is 50.1 cm³/mol. The van der Waals surface area contributed by atoms with Crippen LogP contribution in [0, 0.1) is 0 Å². The summed E-state index contributed by atoms with van der Waals surface area (Å²) >= 11 is 0. The van der Waals surface area contributed by atoms with E-state index in [-0.39, 0.29) is 5.96 Å². The summed E-state index contributed by atoms with van der Waals surface area (Å²) in [7, 11) is 0. The molecule has 0 heterocycles. The molecule has 0 aromatic carbocycles. The highest BCUT2D eigenvalue weighted by molar-refractivity contribution is 5.75. The molecule has 76 valence electrons. The van der Waals surface area contributed by atoms with E-state index in [1.807, 2.05) is 0 Å². The summed E-state index contributed by atoms with van der Waals surface area (Å²) in [5.41, 5.74) is 15.5. The number of hydrogen-bond donors (Lipinski definition) is 4. The Bertz CT molecular complexity index is 189. The average Bonchev–Trinajstić information content (AvgIpc) is 2.02. The largest absolute Gasteiger partial charge is 0.480 e. The van der Waals surface area contributed by atoms with Crippen molar-refractivity contribution < 1.29 is 9.90 Å². The van der Waals surface area contributed by atoms with Crippen LogP contribution in [-0.2, 0) is 4.79 Å². The van der Waals surface area contributed by atoms with Crippen molar-refractivity contribution >= 4 is 11.9 Å². The molecule has 0 spiro atoms. The second-order valence-electron chi connectivity index (χ2n) is 2.75. The van der Waals surface area contributed by atoms with Crippen molar-refractivity contribution in [2.75, 3.05) is 6.54 Å². The van der Waals surface area contributed by atoms with Gasteiger partial charge in [0.15, 0.2) is 5.96 Å². The minimum atomic E-state index is -0.971. The van der Waals surface area contributed by atoms with Crippen molar-refractivity contribution in [3.63, 3.8) is 0 Å². The summed E-state index contributed by atoms with van der Waals surface area (Å²) in [6.07, 6.45) is 1.92. The van der Waals surface area contributed by atoms with Gasteiger partial charge in [0.05, 0.1) is 0 Å². The van der Waals surface area contributed by atoms with Gasteiger partial charge in [0.25, 0.3) is 0 Å². The molecule has 0 bridgehead atoms. The number of carbonyl (C=O) groups is 1. The molecule has 0 aliphatic rings. The molecule has 0 aromatic heterocycles. The quantitative estimate of drug-likeness (QED) is 0.237.